The summed E-state index contributed by atoms with van der Waals surface area (Å²) in [6, 6.07) is 17.2. The Morgan fingerprint density at radius 1 is 0.889 bits per heavy atom. The Balaban J connectivity index is 1.38. The predicted octanol–water partition coefficient (Wildman–Crippen LogP) is 3.14. The van der Waals surface area contributed by atoms with Crippen molar-refractivity contribution in [2.45, 2.75) is 19.8 Å². The van der Waals surface area contributed by atoms with E-state index in [2.05, 4.69) is 0 Å². The largest absolute Gasteiger partial charge is 0.493 e. The minimum atomic E-state index is 0.0364. The molecule has 0 bridgehead atoms. The molecule has 0 atom stereocenters. The van der Waals surface area contributed by atoms with Crippen LogP contribution in [0.15, 0.2) is 54.6 Å². The van der Waals surface area contributed by atoms with Gasteiger partial charge in [0.1, 0.15) is 5.75 Å². The van der Waals surface area contributed by atoms with Crippen molar-refractivity contribution in [3.05, 3.63) is 65.7 Å². The van der Waals surface area contributed by atoms with E-state index in [0.717, 1.165) is 11.3 Å². The minimum Gasteiger partial charge on any atom is -0.493 e. The molecule has 0 spiro atoms. The summed E-state index contributed by atoms with van der Waals surface area (Å²) in [5.74, 6) is 1.04. The van der Waals surface area contributed by atoms with E-state index in [9.17, 15) is 9.59 Å². The van der Waals surface area contributed by atoms with Crippen molar-refractivity contribution >= 4 is 11.8 Å². The molecular formula is C22H26N2O3. The lowest BCUT2D eigenvalue weighted by atomic mass is 10.1. The molecule has 2 aromatic rings. The zero-order valence-corrected chi connectivity index (χ0v) is 15.8. The topological polar surface area (TPSA) is 49.9 Å². The molecule has 2 aromatic carbocycles. The van der Waals surface area contributed by atoms with E-state index in [1.165, 1.54) is 0 Å². The highest BCUT2D eigenvalue weighted by Crippen LogP contribution is 2.16. The van der Waals surface area contributed by atoms with Crippen LogP contribution in [-0.4, -0.2) is 54.4 Å². The molecule has 5 nitrogen and oxygen atoms in total. The molecule has 27 heavy (non-hydrogen) atoms. The molecule has 0 N–H and O–H groups in total. The Labute approximate surface area is 160 Å². The van der Waals surface area contributed by atoms with Crippen molar-refractivity contribution < 1.29 is 14.3 Å². The predicted molar refractivity (Wildman–Crippen MR) is 105 cm³/mol. The first-order valence-corrected chi connectivity index (χ1v) is 9.45. The van der Waals surface area contributed by atoms with Gasteiger partial charge in [-0.1, -0.05) is 36.4 Å². The lowest BCUT2D eigenvalue weighted by Gasteiger charge is -2.35. The van der Waals surface area contributed by atoms with Crippen molar-refractivity contribution in [1.82, 2.24) is 9.80 Å². The van der Waals surface area contributed by atoms with Gasteiger partial charge in [-0.25, -0.2) is 0 Å². The molecule has 0 aliphatic carbocycles. The molecule has 3 rings (SSSR count). The van der Waals surface area contributed by atoms with Crippen LogP contribution in [0, 0.1) is 6.92 Å². The Hall–Kier alpha value is -2.82. The monoisotopic (exact) mass is 366 g/mol. The first kappa shape index (κ1) is 19.0. The summed E-state index contributed by atoms with van der Waals surface area (Å²) in [4.78, 5) is 28.5. The second-order valence-electron chi connectivity index (χ2n) is 6.76. The summed E-state index contributed by atoms with van der Waals surface area (Å²) in [6.45, 7) is 4.89. The summed E-state index contributed by atoms with van der Waals surface area (Å²) < 4.78 is 5.75. The lowest BCUT2D eigenvalue weighted by molar-refractivity contribution is -0.132. The Kier molecular flexibility index (Phi) is 6.47. The van der Waals surface area contributed by atoms with Gasteiger partial charge in [0.2, 0.25) is 5.91 Å². The Morgan fingerprint density at radius 3 is 2.22 bits per heavy atom. The second-order valence-corrected chi connectivity index (χ2v) is 6.76. The third kappa shape index (κ3) is 5.09. The normalized spacial score (nSPS) is 14.1. The third-order valence-corrected chi connectivity index (χ3v) is 4.83. The highest BCUT2D eigenvalue weighted by atomic mass is 16.5. The van der Waals surface area contributed by atoms with Crippen LogP contribution < -0.4 is 4.74 Å². The highest BCUT2D eigenvalue weighted by molar-refractivity contribution is 5.94. The fourth-order valence-electron chi connectivity index (χ4n) is 3.20. The maximum atomic E-state index is 12.5. The van der Waals surface area contributed by atoms with Crippen LogP contribution in [0.25, 0.3) is 0 Å². The molecule has 1 fully saturated rings. The van der Waals surface area contributed by atoms with Gasteiger partial charge in [-0.3, -0.25) is 9.59 Å². The van der Waals surface area contributed by atoms with E-state index >= 15 is 0 Å². The average Bonchev–Trinajstić information content (AvgIpc) is 2.72. The SMILES string of the molecule is Cc1ccccc1OCCCC(=O)N1CCN(C(=O)c2ccccc2)CC1. The zero-order valence-electron chi connectivity index (χ0n) is 15.8. The van der Waals surface area contributed by atoms with Gasteiger partial charge in [-0.2, -0.15) is 0 Å². The highest BCUT2D eigenvalue weighted by Gasteiger charge is 2.24. The standard InChI is InChI=1S/C22H26N2O3/c1-18-8-5-6-11-20(18)27-17-7-12-21(25)23-13-15-24(16-14-23)22(26)19-9-3-2-4-10-19/h2-6,8-11H,7,12-17H2,1H3. The van der Waals surface area contributed by atoms with Gasteiger partial charge in [-0.15, -0.1) is 0 Å². The third-order valence-electron chi connectivity index (χ3n) is 4.83. The summed E-state index contributed by atoms with van der Waals surface area (Å²) in [5.41, 5.74) is 1.80. The van der Waals surface area contributed by atoms with E-state index in [-0.39, 0.29) is 11.8 Å². The van der Waals surface area contributed by atoms with Gasteiger partial charge in [-0.05, 0) is 37.1 Å². The molecule has 1 saturated heterocycles. The van der Waals surface area contributed by atoms with E-state index in [1.54, 1.807) is 0 Å². The molecule has 1 aliphatic rings. The number of nitrogens with zero attached hydrogens (tertiary/aromatic N) is 2. The molecule has 1 heterocycles. The molecule has 0 saturated carbocycles. The van der Waals surface area contributed by atoms with Crippen LogP contribution in [0.1, 0.15) is 28.8 Å². The van der Waals surface area contributed by atoms with E-state index in [1.807, 2.05) is 71.3 Å². The van der Waals surface area contributed by atoms with Crippen LogP contribution in [0.3, 0.4) is 0 Å². The molecule has 0 unspecified atom stereocenters. The number of rotatable bonds is 6. The quantitative estimate of drug-likeness (QED) is 0.738. The smallest absolute Gasteiger partial charge is 0.253 e. The van der Waals surface area contributed by atoms with E-state index < -0.39 is 0 Å². The summed E-state index contributed by atoms with van der Waals surface area (Å²) >= 11 is 0. The average molecular weight is 366 g/mol. The Bertz CT molecular complexity index is 768. The molecule has 2 amide bonds. The fraction of sp³-hybridized carbons (Fsp3) is 0.364. The van der Waals surface area contributed by atoms with Crippen LogP contribution in [0.4, 0.5) is 0 Å². The number of ether oxygens (including phenoxy) is 1. The van der Waals surface area contributed by atoms with Crippen LogP contribution in [0.5, 0.6) is 5.75 Å². The maximum absolute atomic E-state index is 12.5. The van der Waals surface area contributed by atoms with Crippen LogP contribution in [-0.2, 0) is 4.79 Å². The number of aryl methyl sites for hydroxylation is 1. The van der Waals surface area contributed by atoms with Gasteiger partial charge in [0.05, 0.1) is 6.61 Å². The van der Waals surface area contributed by atoms with Gasteiger partial charge in [0.15, 0.2) is 0 Å². The number of hydrogen-bond donors (Lipinski definition) is 0. The number of hydrogen-bond acceptors (Lipinski definition) is 3. The summed E-state index contributed by atoms with van der Waals surface area (Å²) in [5, 5.41) is 0. The lowest BCUT2D eigenvalue weighted by Crippen LogP contribution is -2.50. The summed E-state index contributed by atoms with van der Waals surface area (Å²) in [6.07, 6.45) is 1.16. The van der Waals surface area contributed by atoms with Crippen molar-refractivity contribution in [3.63, 3.8) is 0 Å². The fourth-order valence-corrected chi connectivity index (χ4v) is 3.20. The van der Waals surface area contributed by atoms with Gasteiger partial charge in [0.25, 0.3) is 5.91 Å². The van der Waals surface area contributed by atoms with Crippen molar-refractivity contribution in [3.8, 4) is 5.75 Å². The van der Waals surface area contributed by atoms with Gasteiger partial charge in [0, 0.05) is 38.2 Å². The maximum Gasteiger partial charge on any atom is 0.253 e. The second kappa shape index (κ2) is 9.21. The van der Waals surface area contributed by atoms with Crippen molar-refractivity contribution in [1.29, 1.82) is 0 Å². The number of carbonyl (C=O) groups excluding carboxylic acids is 2. The van der Waals surface area contributed by atoms with Gasteiger partial charge < -0.3 is 14.5 Å². The molecule has 0 radical (unpaired) electrons. The Morgan fingerprint density at radius 2 is 1.52 bits per heavy atom. The van der Waals surface area contributed by atoms with E-state index in [4.69, 9.17) is 4.74 Å². The number of benzene rings is 2. The summed E-state index contributed by atoms with van der Waals surface area (Å²) in [7, 11) is 0. The first-order valence-electron chi connectivity index (χ1n) is 9.45. The van der Waals surface area contributed by atoms with E-state index in [0.29, 0.717) is 51.2 Å². The molecule has 1 aliphatic heterocycles. The molecule has 0 aromatic heterocycles. The number of para-hydroxylation sites is 1. The minimum absolute atomic E-state index is 0.0364. The number of piperazine rings is 1. The zero-order chi connectivity index (χ0) is 19.1. The molecule has 5 heteroatoms. The number of amides is 2. The number of carbonyl (C=O) groups is 2. The first-order chi connectivity index (χ1) is 13.1. The van der Waals surface area contributed by atoms with Crippen molar-refractivity contribution in [2.75, 3.05) is 32.8 Å². The van der Waals surface area contributed by atoms with Crippen molar-refractivity contribution in [2.24, 2.45) is 0 Å². The molecular weight excluding hydrogens is 340 g/mol. The van der Waals surface area contributed by atoms with Crippen LogP contribution >= 0.6 is 0 Å². The van der Waals surface area contributed by atoms with Gasteiger partial charge >= 0.3 is 0 Å². The molecule has 142 valence electrons. The van der Waals surface area contributed by atoms with Crippen LogP contribution in [0.2, 0.25) is 0 Å².